The molecule has 0 atom stereocenters. The minimum absolute atomic E-state index is 0.119. The summed E-state index contributed by atoms with van der Waals surface area (Å²) in [5, 5.41) is 3.92. The van der Waals surface area contributed by atoms with Crippen molar-refractivity contribution >= 4 is 17.1 Å². The van der Waals surface area contributed by atoms with Crippen LogP contribution in [0.15, 0.2) is 35.0 Å². The summed E-state index contributed by atoms with van der Waals surface area (Å²) in [7, 11) is 0. The maximum absolute atomic E-state index is 12.0. The first-order valence-electron chi connectivity index (χ1n) is 4.82. The third-order valence-electron chi connectivity index (χ3n) is 2.41. The van der Waals surface area contributed by atoms with E-state index in [1.165, 1.54) is 5.56 Å². The standard InChI is InChI=1S/C13H12OS/c1-9-3-5-11(6-4-9)13(14)12-8-15-7-10(12)2/h3-8H,1-2H3. The number of carbonyl (C=O) groups is 1. The number of carbonyl (C=O) groups excluding carboxylic acids is 1. The molecule has 76 valence electrons. The maximum atomic E-state index is 12.0. The van der Waals surface area contributed by atoms with Gasteiger partial charge in [-0.05, 0) is 24.8 Å². The van der Waals surface area contributed by atoms with E-state index in [0.29, 0.717) is 0 Å². The summed E-state index contributed by atoms with van der Waals surface area (Å²) in [5.74, 6) is 0.119. The molecule has 1 nitrogen and oxygen atoms in total. The third-order valence-corrected chi connectivity index (χ3v) is 3.28. The summed E-state index contributed by atoms with van der Waals surface area (Å²) in [6.45, 7) is 3.99. The fourth-order valence-corrected chi connectivity index (χ4v) is 2.28. The van der Waals surface area contributed by atoms with Crippen LogP contribution in [0.25, 0.3) is 0 Å². The molecule has 0 aliphatic rings. The Balaban J connectivity index is 2.37. The Morgan fingerprint density at radius 1 is 1.07 bits per heavy atom. The Bertz CT molecular complexity index is 479. The zero-order chi connectivity index (χ0) is 10.8. The largest absolute Gasteiger partial charge is 0.289 e. The molecule has 1 heterocycles. The van der Waals surface area contributed by atoms with Crippen molar-refractivity contribution in [3.05, 3.63) is 57.3 Å². The Labute approximate surface area is 93.4 Å². The highest BCUT2D eigenvalue weighted by atomic mass is 32.1. The topological polar surface area (TPSA) is 17.1 Å². The van der Waals surface area contributed by atoms with Gasteiger partial charge < -0.3 is 0 Å². The van der Waals surface area contributed by atoms with Crippen LogP contribution in [0.4, 0.5) is 0 Å². The first-order chi connectivity index (χ1) is 7.18. The molecule has 1 aromatic heterocycles. The number of thiophene rings is 1. The smallest absolute Gasteiger partial charge is 0.194 e. The molecule has 0 bridgehead atoms. The molecule has 15 heavy (non-hydrogen) atoms. The lowest BCUT2D eigenvalue weighted by Crippen LogP contribution is -2.00. The average Bonchev–Trinajstić information content (AvgIpc) is 2.65. The van der Waals surface area contributed by atoms with Gasteiger partial charge in [-0.1, -0.05) is 29.8 Å². The number of hydrogen-bond acceptors (Lipinski definition) is 2. The van der Waals surface area contributed by atoms with Gasteiger partial charge in [-0.2, -0.15) is 11.3 Å². The lowest BCUT2D eigenvalue weighted by Gasteiger charge is -2.00. The molecule has 2 rings (SSSR count). The first kappa shape index (κ1) is 10.1. The monoisotopic (exact) mass is 216 g/mol. The van der Waals surface area contributed by atoms with Gasteiger partial charge in [0.1, 0.15) is 0 Å². The highest BCUT2D eigenvalue weighted by Crippen LogP contribution is 2.18. The second-order valence-corrected chi connectivity index (χ2v) is 4.41. The van der Waals surface area contributed by atoms with Gasteiger partial charge in [0.25, 0.3) is 0 Å². The van der Waals surface area contributed by atoms with E-state index in [1.54, 1.807) is 11.3 Å². The van der Waals surface area contributed by atoms with Crippen LogP contribution in [-0.2, 0) is 0 Å². The third kappa shape index (κ3) is 2.00. The van der Waals surface area contributed by atoms with Crippen molar-refractivity contribution in [3.8, 4) is 0 Å². The van der Waals surface area contributed by atoms with Gasteiger partial charge in [-0.15, -0.1) is 0 Å². The molecular formula is C13H12OS. The van der Waals surface area contributed by atoms with Crippen molar-refractivity contribution in [2.45, 2.75) is 13.8 Å². The first-order valence-corrected chi connectivity index (χ1v) is 5.77. The minimum atomic E-state index is 0.119. The molecular weight excluding hydrogens is 204 g/mol. The van der Waals surface area contributed by atoms with Crippen molar-refractivity contribution in [2.75, 3.05) is 0 Å². The van der Waals surface area contributed by atoms with Gasteiger partial charge >= 0.3 is 0 Å². The van der Waals surface area contributed by atoms with E-state index in [2.05, 4.69) is 0 Å². The van der Waals surface area contributed by atoms with Crippen molar-refractivity contribution in [3.63, 3.8) is 0 Å². The Morgan fingerprint density at radius 2 is 1.73 bits per heavy atom. The summed E-state index contributed by atoms with van der Waals surface area (Å²) < 4.78 is 0. The van der Waals surface area contributed by atoms with Crippen LogP contribution in [0.2, 0.25) is 0 Å². The summed E-state index contributed by atoms with van der Waals surface area (Å²) in [4.78, 5) is 12.0. The summed E-state index contributed by atoms with van der Waals surface area (Å²) >= 11 is 1.57. The zero-order valence-corrected chi connectivity index (χ0v) is 9.60. The minimum Gasteiger partial charge on any atom is -0.289 e. The second-order valence-electron chi connectivity index (χ2n) is 3.66. The van der Waals surface area contributed by atoms with E-state index in [0.717, 1.165) is 16.7 Å². The van der Waals surface area contributed by atoms with Gasteiger partial charge in [-0.3, -0.25) is 4.79 Å². The van der Waals surface area contributed by atoms with Crippen LogP contribution < -0.4 is 0 Å². The Hall–Kier alpha value is -1.41. The highest BCUT2D eigenvalue weighted by molar-refractivity contribution is 7.08. The van der Waals surface area contributed by atoms with E-state index in [9.17, 15) is 4.79 Å². The second kappa shape index (κ2) is 3.99. The summed E-state index contributed by atoms with van der Waals surface area (Å²) in [6, 6.07) is 7.70. The predicted octanol–water partition coefficient (Wildman–Crippen LogP) is 3.60. The van der Waals surface area contributed by atoms with Gasteiger partial charge in [0.15, 0.2) is 5.78 Å². The molecule has 0 saturated heterocycles. The van der Waals surface area contributed by atoms with Crippen LogP contribution in [-0.4, -0.2) is 5.78 Å². The van der Waals surface area contributed by atoms with Crippen LogP contribution in [0.1, 0.15) is 27.0 Å². The van der Waals surface area contributed by atoms with Crippen LogP contribution in [0.3, 0.4) is 0 Å². The van der Waals surface area contributed by atoms with Crippen molar-refractivity contribution < 1.29 is 4.79 Å². The molecule has 1 aromatic carbocycles. The number of aryl methyl sites for hydroxylation is 2. The summed E-state index contributed by atoms with van der Waals surface area (Å²) in [6.07, 6.45) is 0. The highest BCUT2D eigenvalue weighted by Gasteiger charge is 2.11. The fraction of sp³-hybridized carbons (Fsp3) is 0.154. The van der Waals surface area contributed by atoms with E-state index < -0.39 is 0 Å². The molecule has 2 heteroatoms. The Morgan fingerprint density at radius 3 is 2.27 bits per heavy atom. The molecule has 0 aliphatic heterocycles. The van der Waals surface area contributed by atoms with E-state index in [4.69, 9.17) is 0 Å². The molecule has 0 fully saturated rings. The maximum Gasteiger partial charge on any atom is 0.194 e. The molecule has 0 N–H and O–H groups in total. The summed E-state index contributed by atoms with van der Waals surface area (Å²) in [5.41, 5.74) is 3.82. The predicted molar refractivity (Wildman–Crippen MR) is 63.7 cm³/mol. The van der Waals surface area contributed by atoms with Gasteiger partial charge in [0.05, 0.1) is 0 Å². The molecule has 0 radical (unpaired) electrons. The average molecular weight is 216 g/mol. The molecule has 0 saturated carbocycles. The van der Waals surface area contributed by atoms with E-state index >= 15 is 0 Å². The lowest BCUT2D eigenvalue weighted by atomic mass is 10.0. The lowest BCUT2D eigenvalue weighted by molar-refractivity contribution is 0.103. The van der Waals surface area contributed by atoms with Crippen LogP contribution in [0, 0.1) is 13.8 Å². The van der Waals surface area contributed by atoms with Crippen molar-refractivity contribution in [1.29, 1.82) is 0 Å². The normalized spacial score (nSPS) is 10.3. The number of rotatable bonds is 2. The Kier molecular flexibility index (Phi) is 2.69. The fourth-order valence-electron chi connectivity index (χ4n) is 1.45. The van der Waals surface area contributed by atoms with Crippen LogP contribution >= 0.6 is 11.3 Å². The van der Waals surface area contributed by atoms with Crippen molar-refractivity contribution in [2.24, 2.45) is 0 Å². The van der Waals surface area contributed by atoms with Crippen LogP contribution in [0.5, 0.6) is 0 Å². The van der Waals surface area contributed by atoms with Crippen molar-refractivity contribution in [1.82, 2.24) is 0 Å². The van der Waals surface area contributed by atoms with Gasteiger partial charge in [-0.25, -0.2) is 0 Å². The van der Waals surface area contributed by atoms with Gasteiger partial charge in [0.2, 0.25) is 0 Å². The van der Waals surface area contributed by atoms with Gasteiger partial charge in [0, 0.05) is 16.5 Å². The quantitative estimate of drug-likeness (QED) is 0.701. The molecule has 0 spiro atoms. The number of ketones is 1. The van der Waals surface area contributed by atoms with E-state index in [1.807, 2.05) is 48.9 Å². The molecule has 0 unspecified atom stereocenters. The molecule has 0 amide bonds. The SMILES string of the molecule is Cc1ccc(C(=O)c2cscc2C)cc1. The van der Waals surface area contributed by atoms with E-state index in [-0.39, 0.29) is 5.78 Å². The molecule has 2 aromatic rings. The zero-order valence-electron chi connectivity index (χ0n) is 8.78. The number of benzene rings is 1. The number of hydrogen-bond donors (Lipinski definition) is 0. The molecule has 0 aliphatic carbocycles.